The molecule has 2 aromatic carbocycles. The highest BCUT2D eigenvalue weighted by atomic mass is 19.1. The number of nitrogens with zero attached hydrogens (tertiary/aromatic N) is 1. The standard InChI is InChI=1S/C22H16FN3O2/c23-15-9-11-16(12-10-15)25-22(28)18-17-8-4-5-13-26(17)20(19(18)24)21(27)14-6-2-1-3-7-14/h1-13H,24H2,(H,25,28). The van der Waals surface area contributed by atoms with Gasteiger partial charge in [-0.25, -0.2) is 4.39 Å². The van der Waals surface area contributed by atoms with Gasteiger partial charge in [-0.2, -0.15) is 0 Å². The quantitative estimate of drug-likeness (QED) is 0.528. The second-order valence-electron chi connectivity index (χ2n) is 6.25. The van der Waals surface area contributed by atoms with E-state index >= 15 is 0 Å². The first-order valence-electron chi connectivity index (χ1n) is 8.61. The van der Waals surface area contributed by atoms with Crippen LogP contribution in [-0.4, -0.2) is 16.1 Å². The van der Waals surface area contributed by atoms with Crippen molar-refractivity contribution in [3.05, 3.63) is 102 Å². The topological polar surface area (TPSA) is 76.6 Å². The predicted molar refractivity (Wildman–Crippen MR) is 106 cm³/mol. The van der Waals surface area contributed by atoms with Gasteiger partial charge >= 0.3 is 0 Å². The van der Waals surface area contributed by atoms with Gasteiger partial charge in [0, 0.05) is 17.4 Å². The van der Waals surface area contributed by atoms with Crippen molar-refractivity contribution in [1.82, 2.24) is 4.40 Å². The molecule has 3 N–H and O–H groups in total. The number of nitrogens with one attached hydrogen (secondary N) is 1. The number of nitrogens with two attached hydrogens (primary N) is 1. The van der Waals surface area contributed by atoms with Crippen molar-refractivity contribution in [1.29, 1.82) is 0 Å². The van der Waals surface area contributed by atoms with Crippen molar-refractivity contribution in [3.63, 3.8) is 0 Å². The molecule has 5 nitrogen and oxygen atoms in total. The maximum absolute atomic E-state index is 13.1. The van der Waals surface area contributed by atoms with Crippen LogP contribution in [0.1, 0.15) is 26.4 Å². The van der Waals surface area contributed by atoms with Crippen LogP contribution in [0, 0.1) is 5.82 Å². The van der Waals surface area contributed by atoms with Crippen LogP contribution in [-0.2, 0) is 0 Å². The Hall–Kier alpha value is -3.93. The van der Waals surface area contributed by atoms with Crippen LogP contribution in [0.2, 0.25) is 0 Å². The molecule has 0 aliphatic heterocycles. The van der Waals surface area contributed by atoms with Crippen molar-refractivity contribution < 1.29 is 14.0 Å². The number of pyridine rings is 1. The smallest absolute Gasteiger partial charge is 0.259 e. The molecule has 0 saturated carbocycles. The Morgan fingerprint density at radius 3 is 2.29 bits per heavy atom. The molecule has 0 saturated heterocycles. The van der Waals surface area contributed by atoms with Crippen molar-refractivity contribution in [2.75, 3.05) is 11.1 Å². The van der Waals surface area contributed by atoms with E-state index in [1.54, 1.807) is 53.1 Å². The first-order valence-corrected chi connectivity index (χ1v) is 8.61. The number of benzene rings is 2. The van der Waals surface area contributed by atoms with Crippen molar-refractivity contribution in [2.24, 2.45) is 0 Å². The Kier molecular flexibility index (Phi) is 4.37. The zero-order valence-electron chi connectivity index (χ0n) is 14.7. The Labute approximate surface area is 160 Å². The first kappa shape index (κ1) is 17.5. The molecular formula is C22H16FN3O2. The summed E-state index contributed by atoms with van der Waals surface area (Å²) in [6, 6.07) is 19.4. The summed E-state index contributed by atoms with van der Waals surface area (Å²) < 4.78 is 14.7. The van der Waals surface area contributed by atoms with Crippen LogP contribution in [0.3, 0.4) is 0 Å². The molecule has 28 heavy (non-hydrogen) atoms. The summed E-state index contributed by atoms with van der Waals surface area (Å²) in [5, 5.41) is 2.70. The minimum atomic E-state index is -0.472. The monoisotopic (exact) mass is 373 g/mol. The molecule has 0 unspecified atom stereocenters. The summed E-state index contributed by atoms with van der Waals surface area (Å²) in [5.74, 6) is -1.15. The minimum Gasteiger partial charge on any atom is -0.396 e. The summed E-state index contributed by atoms with van der Waals surface area (Å²) in [7, 11) is 0. The van der Waals surface area contributed by atoms with Crippen LogP contribution in [0.25, 0.3) is 5.52 Å². The number of fused-ring (bicyclic) bond motifs is 1. The highest BCUT2D eigenvalue weighted by Gasteiger charge is 2.26. The molecule has 2 aromatic heterocycles. The lowest BCUT2D eigenvalue weighted by molar-refractivity contribution is 0.102. The highest BCUT2D eigenvalue weighted by Crippen LogP contribution is 2.29. The van der Waals surface area contributed by atoms with Crippen LogP contribution < -0.4 is 11.1 Å². The molecule has 4 aromatic rings. The third-order valence-corrected chi connectivity index (χ3v) is 4.46. The minimum absolute atomic E-state index is 0.0969. The highest BCUT2D eigenvalue weighted by molar-refractivity contribution is 6.20. The Morgan fingerprint density at radius 1 is 0.893 bits per heavy atom. The van der Waals surface area contributed by atoms with Gasteiger partial charge in [0.15, 0.2) is 0 Å². The van der Waals surface area contributed by atoms with Crippen molar-refractivity contribution >= 4 is 28.6 Å². The fraction of sp³-hybridized carbons (Fsp3) is 0. The van der Waals surface area contributed by atoms with Crippen LogP contribution in [0.4, 0.5) is 15.8 Å². The van der Waals surface area contributed by atoms with Gasteiger partial charge < -0.3 is 15.5 Å². The fourth-order valence-corrected chi connectivity index (χ4v) is 3.15. The van der Waals surface area contributed by atoms with E-state index in [9.17, 15) is 14.0 Å². The number of carbonyl (C=O) groups excluding carboxylic acids is 2. The Morgan fingerprint density at radius 2 is 1.57 bits per heavy atom. The zero-order valence-corrected chi connectivity index (χ0v) is 14.7. The Bertz CT molecular complexity index is 1180. The van der Waals surface area contributed by atoms with E-state index < -0.39 is 11.7 Å². The van der Waals surface area contributed by atoms with E-state index in [4.69, 9.17) is 5.73 Å². The number of ketones is 1. The molecule has 0 fully saturated rings. The molecule has 2 heterocycles. The van der Waals surface area contributed by atoms with E-state index in [-0.39, 0.29) is 22.7 Å². The van der Waals surface area contributed by atoms with Gasteiger partial charge in [-0.1, -0.05) is 36.4 Å². The Balaban J connectivity index is 1.81. The average Bonchev–Trinajstić information content (AvgIpc) is 3.01. The third kappa shape index (κ3) is 3.01. The summed E-state index contributed by atoms with van der Waals surface area (Å²) in [4.78, 5) is 25.9. The third-order valence-electron chi connectivity index (χ3n) is 4.46. The maximum atomic E-state index is 13.1. The summed E-state index contributed by atoms with van der Waals surface area (Å²) >= 11 is 0. The van der Waals surface area contributed by atoms with Gasteiger partial charge in [0.2, 0.25) is 5.78 Å². The van der Waals surface area contributed by atoms with E-state index in [0.29, 0.717) is 16.8 Å². The number of rotatable bonds is 4. The molecule has 0 spiro atoms. The predicted octanol–water partition coefficient (Wildman–Crippen LogP) is 4.14. The lowest BCUT2D eigenvalue weighted by atomic mass is 10.1. The van der Waals surface area contributed by atoms with Gasteiger partial charge in [0.1, 0.15) is 11.5 Å². The molecule has 0 atom stereocenters. The number of hydrogen-bond donors (Lipinski definition) is 2. The van der Waals surface area contributed by atoms with Crippen LogP contribution in [0.15, 0.2) is 79.0 Å². The largest absolute Gasteiger partial charge is 0.396 e. The SMILES string of the molecule is Nc1c(C(=O)Nc2ccc(F)cc2)c2ccccn2c1C(=O)c1ccccc1. The number of aromatic nitrogens is 1. The average molecular weight is 373 g/mol. The summed E-state index contributed by atoms with van der Waals surface area (Å²) in [6.45, 7) is 0. The van der Waals surface area contributed by atoms with E-state index in [2.05, 4.69) is 5.32 Å². The first-order chi connectivity index (χ1) is 13.6. The van der Waals surface area contributed by atoms with Crippen LogP contribution >= 0.6 is 0 Å². The molecule has 0 aliphatic carbocycles. The lowest BCUT2D eigenvalue weighted by Gasteiger charge is -2.05. The molecular weight excluding hydrogens is 357 g/mol. The second-order valence-corrected chi connectivity index (χ2v) is 6.25. The summed E-state index contributed by atoms with van der Waals surface area (Å²) in [5.41, 5.74) is 8.21. The number of anilines is 2. The van der Waals surface area contributed by atoms with Crippen molar-refractivity contribution in [3.8, 4) is 0 Å². The van der Waals surface area contributed by atoms with Crippen molar-refractivity contribution in [2.45, 2.75) is 0 Å². The normalized spacial score (nSPS) is 10.8. The van der Waals surface area contributed by atoms with E-state index in [1.807, 2.05) is 6.07 Å². The number of hydrogen-bond acceptors (Lipinski definition) is 3. The van der Waals surface area contributed by atoms with Gasteiger partial charge in [-0.05, 0) is 36.4 Å². The van der Waals surface area contributed by atoms with E-state index in [1.165, 1.54) is 24.3 Å². The summed E-state index contributed by atoms with van der Waals surface area (Å²) in [6.07, 6.45) is 1.69. The molecule has 6 heteroatoms. The number of carbonyl (C=O) groups is 2. The fourth-order valence-electron chi connectivity index (χ4n) is 3.15. The zero-order chi connectivity index (χ0) is 19.7. The van der Waals surface area contributed by atoms with Gasteiger partial charge in [-0.15, -0.1) is 0 Å². The molecule has 0 aliphatic rings. The van der Waals surface area contributed by atoms with Gasteiger partial charge in [0.05, 0.1) is 16.8 Å². The van der Waals surface area contributed by atoms with Gasteiger partial charge in [0.25, 0.3) is 5.91 Å². The van der Waals surface area contributed by atoms with Gasteiger partial charge in [-0.3, -0.25) is 9.59 Å². The number of amides is 1. The molecule has 0 bridgehead atoms. The number of nitrogen functional groups attached to an aromatic ring is 1. The molecule has 4 rings (SSSR count). The van der Waals surface area contributed by atoms with E-state index in [0.717, 1.165) is 0 Å². The molecule has 1 amide bonds. The molecule has 0 radical (unpaired) electrons. The maximum Gasteiger partial charge on any atom is 0.259 e. The lowest BCUT2D eigenvalue weighted by Crippen LogP contribution is -2.14. The molecule has 138 valence electrons. The number of halogens is 1. The van der Waals surface area contributed by atoms with Crippen LogP contribution in [0.5, 0.6) is 0 Å². The second kappa shape index (κ2) is 7.00.